The van der Waals surface area contributed by atoms with Crippen LogP contribution in [-0.4, -0.2) is 24.4 Å². The van der Waals surface area contributed by atoms with Crippen LogP contribution in [0.25, 0.3) is 0 Å². The molecule has 0 aromatic heterocycles. The molecule has 0 aliphatic carbocycles. The zero-order chi connectivity index (χ0) is 16.5. The number of hydrogen-bond donors (Lipinski definition) is 3. The molecule has 0 saturated heterocycles. The van der Waals surface area contributed by atoms with Gasteiger partial charge >= 0.3 is 0 Å². The van der Waals surface area contributed by atoms with Crippen LogP contribution >= 0.6 is 0 Å². The van der Waals surface area contributed by atoms with Crippen molar-refractivity contribution >= 4 is 0 Å². The van der Waals surface area contributed by atoms with E-state index >= 15 is 0 Å². The van der Waals surface area contributed by atoms with Crippen molar-refractivity contribution < 1.29 is 5.11 Å². The molecule has 0 aromatic rings. The SMILES string of the molecule is CCCCCCCCCCCCCCCCC(NC)C(N)O. The minimum atomic E-state index is -0.730. The number of likely N-dealkylation sites (N-methyl/N-ethyl adjacent to an activating group) is 1. The normalized spacial score (nSPS) is 14.2. The second-order valence-electron chi connectivity index (χ2n) is 6.77. The highest BCUT2D eigenvalue weighted by Crippen LogP contribution is 2.13. The number of nitrogens with one attached hydrogen (secondary N) is 1. The maximum Gasteiger partial charge on any atom is 0.117 e. The molecule has 0 saturated carbocycles. The van der Waals surface area contributed by atoms with Gasteiger partial charge in [-0.25, -0.2) is 0 Å². The zero-order valence-corrected chi connectivity index (χ0v) is 15.3. The lowest BCUT2D eigenvalue weighted by Crippen LogP contribution is -2.43. The summed E-state index contributed by atoms with van der Waals surface area (Å²) in [7, 11) is 1.87. The molecule has 3 nitrogen and oxygen atoms in total. The minimum Gasteiger partial charge on any atom is -0.377 e. The molecule has 0 fully saturated rings. The molecule has 0 aromatic carbocycles. The molecule has 22 heavy (non-hydrogen) atoms. The number of unbranched alkanes of at least 4 members (excludes halogenated alkanes) is 13. The van der Waals surface area contributed by atoms with Crippen molar-refractivity contribution in [3.63, 3.8) is 0 Å². The summed E-state index contributed by atoms with van der Waals surface area (Å²) in [6, 6.07) is 0.0531. The Hall–Kier alpha value is -0.120. The van der Waals surface area contributed by atoms with Gasteiger partial charge in [-0.1, -0.05) is 96.8 Å². The van der Waals surface area contributed by atoms with E-state index in [0.717, 1.165) is 12.8 Å². The molecule has 0 aliphatic heterocycles. The first kappa shape index (κ1) is 21.9. The van der Waals surface area contributed by atoms with Crippen LogP contribution < -0.4 is 11.1 Å². The molecular weight excluding hydrogens is 272 g/mol. The molecule has 2 unspecified atom stereocenters. The molecule has 2 atom stereocenters. The van der Waals surface area contributed by atoms with Crippen LogP contribution in [-0.2, 0) is 0 Å². The van der Waals surface area contributed by atoms with E-state index in [1.165, 1.54) is 83.5 Å². The van der Waals surface area contributed by atoms with Gasteiger partial charge in [0.15, 0.2) is 0 Å². The van der Waals surface area contributed by atoms with Gasteiger partial charge in [-0.2, -0.15) is 0 Å². The van der Waals surface area contributed by atoms with E-state index in [1.807, 2.05) is 7.05 Å². The van der Waals surface area contributed by atoms with Crippen LogP contribution in [0.4, 0.5) is 0 Å². The van der Waals surface area contributed by atoms with Gasteiger partial charge < -0.3 is 16.2 Å². The predicted molar refractivity (Wildman–Crippen MR) is 98.0 cm³/mol. The topological polar surface area (TPSA) is 58.3 Å². The van der Waals surface area contributed by atoms with Gasteiger partial charge in [-0.05, 0) is 13.5 Å². The molecule has 3 heteroatoms. The Morgan fingerprint density at radius 3 is 1.41 bits per heavy atom. The van der Waals surface area contributed by atoms with E-state index in [4.69, 9.17) is 5.73 Å². The number of aliphatic hydroxyl groups is 1. The van der Waals surface area contributed by atoms with Gasteiger partial charge in [-0.15, -0.1) is 0 Å². The predicted octanol–water partition coefficient (Wildman–Crippen LogP) is 4.72. The highest BCUT2D eigenvalue weighted by Gasteiger charge is 2.11. The average molecular weight is 315 g/mol. The first-order valence-electron chi connectivity index (χ1n) is 9.83. The summed E-state index contributed by atoms with van der Waals surface area (Å²) in [5.74, 6) is 0. The van der Waals surface area contributed by atoms with Crippen LogP contribution in [0, 0.1) is 0 Å². The molecule has 0 radical (unpaired) electrons. The summed E-state index contributed by atoms with van der Waals surface area (Å²) in [5.41, 5.74) is 5.49. The van der Waals surface area contributed by atoms with Crippen molar-refractivity contribution in [2.45, 2.75) is 116 Å². The molecule has 134 valence electrons. The van der Waals surface area contributed by atoms with Gasteiger partial charge in [0, 0.05) is 6.04 Å². The van der Waals surface area contributed by atoms with Gasteiger partial charge in [0.05, 0.1) is 0 Å². The van der Waals surface area contributed by atoms with Gasteiger partial charge in [0.25, 0.3) is 0 Å². The lowest BCUT2D eigenvalue weighted by Gasteiger charge is -2.18. The monoisotopic (exact) mass is 314 g/mol. The molecule has 0 bridgehead atoms. The van der Waals surface area contributed by atoms with Crippen LogP contribution in [0.5, 0.6) is 0 Å². The third kappa shape index (κ3) is 14.8. The van der Waals surface area contributed by atoms with E-state index < -0.39 is 6.23 Å². The maximum absolute atomic E-state index is 9.33. The minimum absolute atomic E-state index is 0.0531. The summed E-state index contributed by atoms with van der Waals surface area (Å²) in [4.78, 5) is 0. The first-order valence-corrected chi connectivity index (χ1v) is 9.83. The van der Waals surface area contributed by atoms with Crippen molar-refractivity contribution in [3.8, 4) is 0 Å². The lowest BCUT2D eigenvalue weighted by molar-refractivity contribution is 0.131. The Labute approximate surface area is 139 Å². The number of nitrogens with two attached hydrogens (primary N) is 1. The second kappa shape index (κ2) is 17.2. The molecular formula is C19H42N2O. The fourth-order valence-electron chi connectivity index (χ4n) is 3.04. The third-order valence-corrected chi connectivity index (χ3v) is 4.65. The van der Waals surface area contributed by atoms with Crippen molar-refractivity contribution in [2.75, 3.05) is 7.05 Å². The Morgan fingerprint density at radius 2 is 1.09 bits per heavy atom. The quantitative estimate of drug-likeness (QED) is 0.269. The fraction of sp³-hybridized carbons (Fsp3) is 1.00. The third-order valence-electron chi connectivity index (χ3n) is 4.65. The highest BCUT2D eigenvalue weighted by molar-refractivity contribution is 4.68. The molecule has 0 spiro atoms. The molecule has 0 aliphatic rings. The van der Waals surface area contributed by atoms with Crippen molar-refractivity contribution in [1.29, 1.82) is 0 Å². The maximum atomic E-state index is 9.33. The van der Waals surface area contributed by atoms with Crippen LogP contribution in [0.1, 0.15) is 103 Å². The molecule has 0 rings (SSSR count). The standard InChI is InChI=1S/C19H42N2O/c1-3-4-5-6-7-8-9-10-11-12-13-14-15-16-17-18(21-2)19(20)22/h18-19,21-22H,3-17,20H2,1-2H3. The Balaban J connectivity index is 3.11. The second-order valence-corrected chi connectivity index (χ2v) is 6.77. The zero-order valence-electron chi connectivity index (χ0n) is 15.3. The van der Waals surface area contributed by atoms with Crippen molar-refractivity contribution in [3.05, 3.63) is 0 Å². The first-order chi connectivity index (χ1) is 10.7. The van der Waals surface area contributed by atoms with Crippen LogP contribution in [0.15, 0.2) is 0 Å². The van der Waals surface area contributed by atoms with E-state index in [1.54, 1.807) is 0 Å². The van der Waals surface area contributed by atoms with Crippen LogP contribution in [0.2, 0.25) is 0 Å². The van der Waals surface area contributed by atoms with E-state index in [9.17, 15) is 5.11 Å². The fourth-order valence-corrected chi connectivity index (χ4v) is 3.04. The Kier molecular flexibility index (Phi) is 17.1. The summed E-state index contributed by atoms with van der Waals surface area (Å²) in [6.45, 7) is 2.28. The lowest BCUT2D eigenvalue weighted by atomic mass is 10.0. The summed E-state index contributed by atoms with van der Waals surface area (Å²) in [6.07, 6.45) is 19.6. The smallest absolute Gasteiger partial charge is 0.117 e. The Bertz CT molecular complexity index is 210. The van der Waals surface area contributed by atoms with E-state index in [0.29, 0.717) is 0 Å². The van der Waals surface area contributed by atoms with Gasteiger partial charge in [-0.3, -0.25) is 0 Å². The molecule has 0 amide bonds. The Morgan fingerprint density at radius 1 is 0.727 bits per heavy atom. The summed E-state index contributed by atoms with van der Waals surface area (Å²) in [5, 5.41) is 12.4. The van der Waals surface area contributed by atoms with Crippen LogP contribution in [0.3, 0.4) is 0 Å². The van der Waals surface area contributed by atoms with Gasteiger partial charge in [0.2, 0.25) is 0 Å². The van der Waals surface area contributed by atoms with Crippen molar-refractivity contribution in [1.82, 2.24) is 5.32 Å². The summed E-state index contributed by atoms with van der Waals surface area (Å²) >= 11 is 0. The average Bonchev–Trinajstić information content (AvgIpc) is 2.51. The molecule has 4 N–H and O–H groups in total. The largest absolute Gasteiger partial charge is 0.377 e. The number of hydrogen-bond acceptors (Lipinski definition) is 3. The van der Waals surface area contributed by atoms with E-state index in [-0.39, 0.29) is 6.04 Å². The number of rotatable bonds is 17. The summed E-state index contributed by atoms with van der Waals surface area (Å²) < 4.78 is 0. The van der Waals surface area contributed by atoms with Crippen molar-refractivity contribution in [2.24, 2.45) is 5.73 Å². The molecule has 0 heterocycles. The highest BCUT2D eigenvalue weighted by atomic mass is 16.3. The van der Waals surface area contributed by atoms with E-state index in [2.05, 4.69) is 12.2 Å². The van der Waals surface area contributed by atoms with Gasteiger partial charge in [0.1, 0.15) is 6.23 Å². The number of aliphatic hydroxyl groups excluding tert-OH is 1.